The number of hydrogen-bond donors (Lipinski definition) is 0. The van der Waals surface area contributed by atoms with Crippen molar-refractivity contribution in [2.75, 3.05) is 14.7 Å². The van der Waals surface area contributed by atoms with Crippen LogP contribution in [0, 0.1) is 13.8 Å². The molecule has 0 atom stereocenters. The number of aromatic nitrogens is 1. The summed E-state index contributed by atoms with van der Waals surface area (Å²) in [5.41, 5.74) is 23.6. The minimum Gasteiger partial charge on any atom is -0.318 e. The Labute approximate surface area is 355 Å². The van der Waals surface area contributed by atoms with Crippen LogP contribution in [0.2, 0.25) is 13.1 Å². The fourth-order valence-electron chi connectivity index (χ4n) is 11.7. The molecule has 1 aromatic heterocycles. The Balaban J connectivity index is 1.27. The highest BCUT2D eigenvalue weighted by molar-refractivity contribution is 7.06. The van der Waals surface area contributed by atoms with Crippen LogP contribution in [0.15, 0.2) is 140 Å². The van der Waals surface area contributed by atoms with Crippen molar-refractivity contribution >= 4 is 104 Å². The van der Waals surface area contributed by atoms with Crippen LogP contribution in [0.1, 0.15) is 61.8 Å². The molecule has 0 spiro atoms. The average molecular weight is 793 g/mol. The normalized spacial score (nSPS) is 14.7. The van der Waals surface area contributed by atoms with Gasteiger partial charge in [-0.25, -0.2) is 0 Å². The number of fused-ring (bicyclic) bond motifs is 7. The second-order valence-electron chi connectivity index (χ2n) is 18.7. The third-order valence-electron chi connectivity index (χ3n) is 14.3. The molecule has 12 rings (SSSR count). The highest BCUT2D eigenvalue weighted by atomic mass is 28.3. The Morgan fingerprint density at radius 2 is 1.13 bits per heavy atom. The number of rotatable bonds is 6. The van der Waals surface area contributed by atoms with Crippen molar-refractivity contribution in [3.05, 3.63) is 162 Å². The minimum absolute atomic E-state index is 0.0746. The Bertz CT molecular complexity index is 3080. The molecule has 60 heavy (non-hydrogen) atoms. The molecular formula is C54H49BN4Si. The van der Waals surface area contributed by atoms with Crippen molar-refractivity contribution in [2.24, 2.45) is 0 Å². The van der Waals surface area contributed by atoms with Gasteiger partial charge in [-0.05, 0) is 136 Å². The van der Waals surface area contributed by atoms with Gasteiger partial charge >= 0.3 is 0 Å². The van der Waals surface area contributed by atoms with Crippen molar-refractivity contribution in [1.29, 1.82) is 0 Å². The lowest BCUT2D eigenvalue weighted by atomic mass is 9.36. The van der Waals surface area contributed by atoms with Gasteiger partial charge in [0.15, 0.2) is 0 Å². The first-order valence-electron chi connectivity index (χ1n) is 21.8. The summed E-state index contributed by atoms with van der Waals surface area (Å²) < 4.78 is 2.69. The highest BCUT2D eigenvalue weighted by Gasteiger charge is 2.55. The maximum absolute atomic E-state index is 2.69. The molecule has 0 saturated carbocycles. The molecular weight excluding hydrogens is 744 g/mol. The van der Waals surface area contributed by atoms with Crippen molar-refractivity contribution < 1.29 is 0 Å². The molecule has 0 N–H and O–H groups in total. The average Bonchev–Trinajstić information content (AvgIpc) is 3.77. The second-order valence-corrected chi connectivity index (χ2v) is 23.0. The van der Waals surface area contributed by atoms with E-state index in [1.165, 1.54) is 117 Å². The first-order valence-corrected chi connectivity index (χ1v) is 24.8. The van der Waals surface area contributed by atoms with Crippen molar-refractivity contribution in [2.45, 2.75) is 66.5 Å². The Hall–Kier alpha value is -6.24. The van der Waals surface area contributed by atoms with Crippen LogP contribution in [0.25, 0.3) is 16.6 Å². The van der Waals surface area contributed by atoms with Gasteiger partial charge in [0, 0.05) is 50.8 Å². The largest absolute Gasteiger partial charge is 0.318 e. The zero-order valence-corrected chi connectivity index (χ0v) is 36.8. The lowest BCUT2D eigenvalue weighted by molar-refractivity contribution is 0.855. The van der Waals surface area contributed by atoms with Gasteiger partial charge in [-0.1, -0.05) is 114 Å². The molecule has 4 aliphatic rings. The van der Waals surface area contributed by atoms with Gasteiger partial charge < -0.3 is 19.3 Å². The predicted octanol–water partition coefficient (Wildman–Crippen LogP) is 11.5. The van der Waals surface area contributed by atoms with E-state index in [-0.39, 0.29) is 6.71 Å². The van der Waals surface area contributed by atoms with Crippen LogP contribution in [-0.2, 0) is 0 Å². The van der Waals surface area contributed by atoms with E-state index in [4.69, 9.17) is 0 Å². The summed E-state index contributed by atoms with van der Waals surface area (Å²) in [5, 5.41) is 4.27. The van der Waals surface area contributed by atoms with E-state index in [1.54, 1.807) is 0 Å². The first-order chi connectivity index (χ1) is 29.1. The molecule has 0 bridgehead atoms. The topological polar surface area (TPSA) is 14.7 Å². The first kappa shape index (κ1) is 35.7. The van der Waals surface area contributed by atoms with E-state index in [0.717, 1.165) is 0 Å². The lowest BCUT2D eigenvalue weighted by Crippen LogP contribution is -2.66. The van der Waals surface area contributed by atoms with Gasteiger partial charge in [-0.15, -0.1) is 0 Å². The quantitative estimate of drug-likeness (QED) is 0.156. The van der Waals surface area contributed by atoms with E-state index in [0.29, 0.717) is 11.8 Å². The van der Waals surface area contributed by atoms with Crippen LogP contribution in [-0.4, -0.2) is 19.4 Å². The highest BCUT2D eigenvalue weighted by Crippen LogP contribution is 2.53. The van der Waals surface area contributed by atoms with Crippen LogP contribution in [0.5, 0.6) is 0 Å². The third-order valence-corrected chi connectivity index (χ3v) is 17.7. The van der Waals surface area contributed by atoms with E-state index in [2.05, 4.69) is 213 Å². The van der Waals surface area contributed by atoms with Crippen LogP contribution in [0.4, 0.5) is 51.2 Å². The molecule has 0 radical (unpaired) electrons. The van der Waals surface area contributed by atoms with Crippen LogP contribution < -0.4 is 41.6 Å². The summed E-state index contributed by atoms with van der Waals surface area (Å²) in [5.74, 6) is 0.889. The smallest absolute Gasteiger partial charge is 0.276 e. The zero-order valence-electron chi connectivity index (χ0n) is 35.8. The van der Waals surface area contributed by atoms with E-state index in [9.17, 15) is 0 Å². The summed E-state index contributed by atoms with van der Waals surface area (Å²) >= 11 is 0. The van der Waals surface area contributed by atoms with Crippen LogP contribution >= 0.6 is 0 Å². The van der Waals surface area contributed by atoms with Crippen molar-refractivity contribution in [1.82, 2.24) is 4.57 Å². The molecule has 6 heteroatoms. The zero-order chi connectivity index (χ0) is 40.9. The molecule has 0 aliphatic carbocycles. The molecule has 8 aromatic rings. The summed E-state index contributed by atoms with van der Waals surface area (Å²) in [4.78, 5) is 7.84. The van der Waals surface area contributed by atoms with Gasteiger partial charge in [0.1, 0.15) is 8.07 Å². The molecule has 4 nitrogen and oxygen atoms in total. The van der Waals surface area contributed by atoms with Gasteiger partial charge in [0.2, 0.25) is 0 Å². The van der Waals surface area contributed by atoms with E-state index < -0.39 is 8.07 Å². The predicted molar refractivity (Wildman–Crippen MR) is 260 cm³/mol. The summed E-state index contributed by atoms with van der Waals surface area (Å²) in [7, 11) is -2.27. The molecule has 0 fully saturated rings. The summed E-state index contributed by atoms with van der Waals surface area (Å²) in [6.45, 7) is 19.1. The number of para-hydroxylation sites is 3. The van der Waals surface area contributed by atoms with Gasteiger partial charge in [-0.2, -0.15) is 0 Å². The van der Waals surface area contributed by atoms with Gasteiger partial charge in [0.05, 0.1) is 22.6 Å². The number of nitrogens with zero attached hydrogens (tertiary/aromatic N) is 4. The number of anilines is 9. The summed E-state index contributed by atoms with van der Waals surface area (Å²) in [6.07, 6.45) is 0. The molecule has 4 aliphatic heterocycles. The molecule has 0 amide bonds. The van der Waals surface area contributed by atoms with Gasteiger partial charge in [-0.3, -0.25) is 0 Å². The second kappa shape index (κ2) is 12.4. The van der Waals surface area contributed by atoms with Gasteiger partial charge in [0.25, 0.3) is 6.71 Å². The monoisotopic (exact) mass is 792 g/mol. The molecule has 0 unspecified atom stereocenters. The maximum Gasteiger partial charge on any atom is 0.276 e. The maximum atomic E-state index is 2.69. The van der Waals surface area contributed by atoms with Crippen molar-refractivity contribution in [3.63, 3.8) is 0 Å². The summed E-state index contributed by atoms with van der Waals surface area (Å²) in [6, 6.07) is 53.6. The van der Waals surface area contributed by atoms with E-state index in [1.807, 2.05) is 0 Å². The molecule has 7 aromatic carbocycles. The third kappa shape index (κ3) is 4.52. The fourth-order valence-corrected chi connectivity index (χ4v) is 14.7. The number of benzene rings is 7. The van der Waals surface area contributed by atoms with Crippen molar-refractivity contribution in [3.8, 4) is 5.69 Å². The molecule has 0 saturated heterocycles. The minimum atomic E-state index is -2.27. The Morgan fingerprint density at radius 3 is 1.80 bits per heavy atom. The SMILES string of the molecule is Cc1cc(N(c2ccc(C(C)C)c(C)c2)c2cc3c4c5c2-n2c6c(c7ccccc72)N(c2ccccc2)c2cccc(c2B56)N4c2ccccc2[Si]3(C)C)ccc1C(C)C. The molecule has 5 heterocycles. The number of aryl methyl sites for hydroxylation is 2. The Kier molecular flexibility index (Phi) is 7.38. The molecule has 292 valence electrons. The van der Waals surface area contributed by atoms with Crippen LogP contribution in [0.3, 0.4) is 0 Å². The van der Waals surface area contributed by atoms with E-state index >= 15 is 0 Å². The lowest BCUT2D eigenvalue weighted by Gasteiger charge is -2.48. The number of hydrogen-bond acceptors (Lipinski definition) is 3. The Morgan fingerprint density at radius 1 is 0.533 bits per heavy atom. The standard InChI is InChI=1S/C54H49BN4Si/c1-32(2)39-27-25-37(29-34(39)5)56(38-26-28-40(33(3)4)35(6)30-38)46-31-48-53-50-52(46)59-42-20-13-12-19-41(42)51-54(59)55(50)49-44(57(51)36-17-10-9-11-18-36)22-16-23-45(49)58(53)43-21-14-15-24-47(43)60(48,7)8/h9-33H,1-8H3. The fraction of sp³-hybridized carbons (Fsp3) is 0.185.